The Morgan fingerprint density at radius 1 is 1.26 bits per heavy atom. The van der Waals surface area contributed by atoms with Crippen LogP contribution < -0.4 is 16.6 Å². The van der Waals surface area contributed by atoms with Crippen LogP contribution in [0.1, 0.15) is 38.8 Å². The van der Waals surface area contributed by atoms with Crippen LogP contribution in [0.3, 0.4) is 0 Å². The molecule has 0 aromatic heterocycles. The van der Waals surface area contributed by atoms with Crippen molar-refractivity contribution < 1.29 is 14.4 Å². The molecule has 0 spiro atoms. The molecule has 0 bridgehead atoms. The van der Waals surface area contributed by atoms with Gasteiger partial charge in [-0.15, -0.1) is 0 Å². The van der Waals surface area contributed by atoms with Gasteiger partial charge in [-0.3, -0.25) is 19.9 Å². The van der Waals surface area contributed by atoms with Crippen molar-refractivity contribution in [3.8, 4) is 0 Å². The Hall–Kier alpha value is -2.41. The van der Waals surface area contributed by atoms with Crippen LogP contribution in [0, 0.1) is 0 Å². The van der Waals surface area contributed by atoms with Crippen LogP contribution in [0.4, 0.5) is 4.79 Å². The first-order valence-corrected chi connectivity index (χ1v) is 7.34. The van der Waals surface area contributed by atoms with E-state index in [1.165, 1.54) is 0 Å². The number of amides is 4. The molecule has 1 saturated heterocycles. The van der Waals surface area contributed by atoms with Gasteiger partial charge in [-0.2, -0.15) is 0 Å². The van der Waals surface area contributed by atoms with E-state index in [2.05, 4.69) is 26.1 Å². The van der Waals surface area contributed by atoms with Crippen molar-refractivity contribution in [2.24, 2.45) is 5.84 Å². The summed E-state index contributed by atoms with van der Waals surface area (Å²) < 4.78 is 0. The number of benzene rings is 1. The maximum absolute atomic E-state index is 12.6. The van der Waals surface area contributed by atoms with E-state index < -0.39 is 29.9 Å². The van der Waals surface area contributed by atoms with Crippen LogP contribution in [0.25, 0.3) is 0 Å². The van der Waals surface area contributed by atoms with Crippen molar-refractivity contribution in [1.82, 2.24) is 15.6 Å². The van der Waals surface area contributed by atoms with E-state index in [1.54, 1.807) is 6.92 Å². The second-order valence-electron chi connectivity index (χ2n) is 6.84. The summed E-state index contributed by atoms with van der Waals surface area (Å²) in [5, 5.41) is 2.65. The molecule has 1 heterocycles. The number of hydrogen-bond donors (Lipinski definition) is 3. The largest absolute Gasteiger partial charge is 0.325 e. The lowest BCUT2D eigenvalue weighted by Crippen LogP contribution is -2.44. The third-order valence-corrected chi connectivity index (χ3v) is 4.07. The topological polar surface area (TPSA) is 105 Å². The third kappa shape index (κ3) is 3.05. The normalized spacial score (nSPS) is 21.3. The number of nitrogens with one attached hydrogen (secondary N) is 2. The van der Waals surface area contributed by atoms with Gasteiger partial charge < -0.3 is 5.32 Å². The summed E-state index contributed by atoms with van der Waals surface area (Å²) in [6.07, 6.45) is 0. The second kappa shape index (κ2) is 5.66. The zero-order valence-electron chi connectivity index (χ0n) is 13.8. The average Bonchev–Trinajstić information content (AvgIpc) is 2.71. The minimum absolute atomic E-state index is 0.00633. The molecule has 4 amide bonds. The van der Waals surface area contributed by atoms with Crippen LogP contribution in [-0.4, -0.2) is 29.3 Å². The van der Waals surface area contributed by atoms with E-state index in [-0.39, 0.29) is 5.41 Å². The van der Waals surface area contributed by atoms with Crippen LogP contribution in [0.2, 0.25) is 0 Å². The molecule has 1 aliphatic rings. The summed E-state index contributed by atoms with van der Waals surface area (Å²) in [5.41, 5.74) is 2.51. The molecule has 1 atom stereocenters. The molecule has 7 nitrogen and oxygen atoms in total. The molecule has 1 unspecified atom stereocenters. The number of hydrogen-bond acceptors (Lipinski definition) is 4. The van der Waals surface area contributed by atoms with Crippen molar-refractivity contribution in [2.45, 2.75) is 38.6 Å². The van der Waals surface area contributed by atoms with Gasteiger partial charge in [0.05, 0.1) is 0 Å². The van der Waals surface area contributed by atoms with Gasteiger partial charge in [-0.25, -0.2) is 10.6 Å². The Bertz CT molecular complexity index is 648. The van der Waals surface area contributed by atoms with Crippen molar-refractivity contribution >= 4 is 17.8 Å². The maximum Gasteiger partial charge on any atom is 0.325 e. The maximum atomic E-state index is 12.6. The van der Waals surface area contributed by atoms with Crippen molar-refractivity contribution in [3.05, 3.63) is 35.4 Å². The highest BCUT2D eigenvalue weighted by atomic mass is 16.2. The lowest BCUT2D eigenvalue weighted by Gasteiger charge is -2.24. The summed E-state index contributed by atoms with van der Waals surface area (Å²) in [6, 6.07) is 6.92. The lowest BCUT2D eigenvalue weighted by molar-refractivity contribution is -0.134. The molecule has 1 fully saturated rings. The highest BCUT2D eigenvalue weighted by molar-refractivity contribution is 6.09. The van der Waals surface area contributed by atoms with Crippen LogP contribution in [0.5, 0.6) is 0 Å². The Labute approximate surface area is 135 Å². The molecule has 1 aromatic carbocycles. The minimum Gasteiger partial charge on any atom is -0.319 e. The molecule has 7 heteroatoms. The van der Waals surface area contributed by atoms with E-state index in [9.17, 15) is 14.4 Å². The van der Waals surface area contributed by atoms with Crippen LogP contribution in [-0.2, 0) is 20.5 Å². The first kappa shape index (κ1) is 17.0. The first-order chi connectivity index (χ1) is 10.6. The number of carbonyl (C=O) groups is 3. The number of imide groups is 1. The quantitative estimate of drug-likeness (QED) is 0.331. The van der Waals surface area contributed by atoms with E-state index in [1.807, 2.05) is 29.7 Å². The summed E-state index contributed by atoms with van der Waals surface area (Å²) in [4.78, 5) is 36.8. The molecule has 2 rings (SSSR count). The molecule has 0 radical (unpaired) electrons. The van der Waals surface area contributed by atoms with Gasteiger partial charge in [0.1, 0.15) is 12.1 Å². The number of urea groups is 1. The van der Waals surface area contributed by atoms with Gasteiger partial charge in [0.2, 0.25) is 0 Å². The molecular formula is C16H22N4O3. The van der Waals surface area contributed by atoms with Crippen molar-refractivity contribution in [3.63, 3.8) is 0 Å². The Morgan fingerprint density at radius 2 is 1.83 bits per heavy atom. The summed E-state index contributed by atoms with van der Waals surface area (Å²) in [5.74, 6) is 3.92. The van der Waals surface area contributed by atoms with Crippen LogP contribution in [0.15, 0.2) is 24.3 Å². The molecule has 1 aromatic rings. The molecule has 0 aliphatic carbocycles. The molecule has 1 aliphatic heterocycles. The Morgan fingerprint density at radius 3 is 2.30 bits per heavy atom. The second-order valence-corrected chi connectivity index (χ2v) is 6.84. The minimum atomic E-state index is -1.19. The fourth-order valence-electron chi connectivity index (χ4n) is 2.53. The average molecular weight is 318 g/mol. The monoisotopic (exact) mass is 318 g/mol. The predicted octanol–water partition coefficient (Wildman–Crippen LogP) is 0.741. The van der Waals surface area contributed by atoms with Gasteiger partial charge >= 0.3 is 6.03 Å². The zero-order chi connectivity index (χ0) is 17.4. The molecule has 23 heavy (non-hydrogen) atoms. The fraction of sp³-hybridized carbons (Fsp3) is 0.438. The van der Waals surface area contributed by atoms with Crippen molar-refractivity contribution in [2.75, 3.05) is 6.54 Å². The molecule has 124 valence electrons. The standard InChI is InChI=1S/C16H22N4O3/c1-15(2,3)10-5-7-11(8-6-10)16(4)13(22)20(14(23)18-16)9-12(21)19-17/h5-8H,9,17H2,1-4H3,(H,18,23)(H,19,21). The highest BCUT2D eigenvalue weighted by Gasteiger charge is 2.49. The third-order valence-electron chi connectivity index (χ3n) is 4.07. The number of nitrogens with two attached hydrogens (primary N) is 1. The smallest absolute Gasteiger partial charge is 0.319 e. The Balaban J connectivity index is 2.30. The fourth-order valence-corrected chi connectivity index (χ4v) is 2.53. The van der Waals surface area contributed by atoms with Gasteiger partial charge in [0.15, 0.2) is 0 Å². The van der Waals surface area contributed by atoms with Gasteiger partial charge in [0, 0.05) is 0 Å². The molecular weight excluding hydrogens is 296 g/mol. The Kier molecular flexibility index (Phi) is 4.17. The molecule has 0 saturated carbocycles. The van der Waals surface area contributed by atoms with Gasteiger partial charge in [0.25, 0.3) is 11.8 Å². The van der Waals surface area contributed by atoms with E-state index in [0.29, 0.717) is 5.56 Å². The predicted molar refractivity (Wildman–Crippen MR) is 85.1 cm³/mol. The zero-order valence-corrected chi connectivity index (χ0v) is 13.8. The van der Waals surface area contributed by atoms with Gasteiger partial charge in [-0.05, 0) is 23.5 Å². The van der Waals surface area contributed by atoms with E-state index in [0.717, 1.165) is 10.5 Å². The number of hydrazine groups is 1. The SMILES string of the molecule is CC(C)(C)c1ccc(C2(C)NC(=O)N(CC(=O)NN)C2=O)cc1. The first-order valence-electron chi connectivity index (χ1n) is 7.34. The number of rotatable bonds is 3. The lowest BCUT2D eigenvalue weighted by atomic mass is 9.84. The van der Waals surface area contributed by atoms with Crippen molar-refractivity contribution in [1.29, 1.82) is 0 Å². The molecule has 4 N–H and O–H groups in total. The number of carbonyl (C=O) groups excluding carboxylic acids is 3. The summed E-state index contributed by atoms with van der Waals surface area (Å²) in [6.45, 7) is 7.51. The van der Waals surface area contributed by atoms with E-state index >= 15 is 0 Å². The number of nitrogens with zero attached hydrogens (tertiary/aromatic N) is 1. The highest BCUT2D eigenvalue weighted by Crippen LogP contribution is 2.30. The summed E-state index contributed by atoms with van der Waals surface area (Å²) in [7, 11) is 0. The van der Waals surface area contributed by atoms with Crippen LogP contribution >= 0.6 is 0 Å². The van der Waals surface area contributed by atoms with E-state index in [4.69, 9.17) is 5.84 Å². The van der Waals surface area contributed by atoms with Gasteiger partial charge in [-0.1, -0.05) is 45.0 Å². The summed E-state index contributed by atoms with van der Waals surface area (Å²) >= 11 is 0.